The molecule has 126 valence electrons. The summed E-state index contributed by atoms with van der Waals surface area (Å²) < 4.78 is 32.4. The van der Waals surface area contributed by atoms with E-state index in [2.05, 4.69) is 0 Å². The molecule has 1 saturated heterocycles. The molecule has 1 aliphatic rings. The van der Waals surface area contributed by atoms with Crippen LogP contribution in [-0.4, -0.2) is 49.6 Å². The molecule has 1 unspecified atom stereocenters. The summed E-state index contributed by atoms with van der Waals surface area (Å²) in [5.41, 5.74) is 1.31. The highest BCUT2D eigenvalue weighted by molar-refractivity contribution is 7.89. The number of nitrogens with zero attached hydrogens (tertiary/aromatic N) is 1. The first kappa shape index (κ1) is 16.6. The topological polar surface area (TPSA) is 83.9 Å². The highest BCUT2D eigenvalue weighted by Crippen LogP contribution is 2.30. The molecule has 0 saturated carbocycles. The van der Waals surface area contributed by atoms with Crippen molar-refractivity contribution >= 4 is 16.0 Å². The normalized spacial score (nSPS) is 19.1. The second-order valence-electron chi connectivity index (χ2n) is 5.41. The van der Waals surface area contributed by atoms with Crippen LogP contribution in [0.4, 0.5) is 0 Å². The van der Waals surface area contributed by atoms with E-state index in [1.54, 1.807) is 18.2 Å². The number of benzene rings is 2. The number of hydrogen-bond acceptors (Lipinski definition) is 4. The molecule has 0 amide bonds. The minimum Gasteiger partial charge on any atom is -0.480 e. The van der Waals surface area contributed by atoms with Gasteiger partial charge in [-0.2, -0.15) is 4.31 Å². The van der Waals surface area contributed by atoms with E-state index in [1.807, 2.05) is 30.3 Å². The molecule has 24 heavy (non-hydrogen) atoms. The third-order valence-electron chi connectivity index (χ3n) is 3.92. The molecule has 7 heteroatoms. The van der Waals surface area contributed by atoms with E-state index in [-0.39, 0.29) is 24.7 Å². The van der Waals surface area contributed by atoms with Crippen LogP contribution in [0.3, 0.4) is 0 Å². The van der Waals surface area contributed by atoms with Crippen LogP contribution in [0.25, 0.3) is 11.1 Å². The van der Waals surface area contributed by atoms with Crippen LogP contribution in [0, 0.1) is 0 Å². The lowest BCUT2D eigenvalue weighted by Crippen LogP contribution is -2.52. The Kier molecular flexibility index (Phi) is 4.66. The molecular weight excluding hydrogens is 330 g/mol. The van der Waals surface area contributed by atoms with E-state index in [1.165, 1.54) is 6.07 Å². The van der Waals surface area contributed by atoms with Gasteiger partial charge in [-0.1, -0.05) is 48.5 Å². The van der Waals surface area contributed by atoms with Gasteiger partial charge in [-0.3, -0.25) is 4.79 Å². The molecule has 1 atom stereocenters. The first-order valence-corrected chi connectivity index (χ1v) is 8.92. The van der Waals surface area contributed by atoms with Gasteiger partial charge in [-0.25, -0.2) is 8.42 Å². The van der Waals surface area contributed by atoms with Crippen LogP contribution in [0.15, 0.2) is 59.5 Å². The maximum Gasteiger partial charge on any atom is 0.324 e. The highest BCUT2D eigenvalue weighted by atomic mass is 32.2. The number of ether oxygens (including phenoxy) is 1. The first-order valence-electron chi connectivity index (χ1n) is 7.48. The molecule has 0 radical (unpaired) electrons. The Hall–Kier alpha value is -2.22. The summed E-state index contributed by atoms with van der Waals surface area (Å²) in [6.07, 6.45) is 0. The van der Waals surface area contributed by atoms with Crippen LogP contribution in [0.2, 0.25) is 0 Å². The summed E-state index contributed by atoms with van der Waals surface area (Å²) >= 11 is 0. The highest BCUT2D eigenvalue weighted by Gasteiger charge is 2.39. The molecule has 0 aliphatic carbocycles. The van der Waals surface area contributed by atoms with Crippen LogP contribution in [-0.2, 0) is 19.6 Å². The van der Waals surface area contributed by atoms with Crippen LogP contribution in [0.1, 0.15) is 0 Å². The molecule has 2 aromatic carbocycles. The second-order valence-corrected chi connectivity index (χ2v) is 7.27. The molecule has 2 aromatic rings. The first-order chi connectivity index (χ1) is 11.5. The minimum atomic E-state index is -3.96. The largest absolute Gasteiger partial charge is 0.480 e. The van der Waals surface area contributed by atoms with Gasteiger partial charge in [-0.05, 0) is 11.6 Å². The molecular formula is C17H17NO5S. The van der Waals surface area contributed by atoms with Gasteiger partial charge >= 0.3 is 5.97 Å². The van der Waals surface area contributed by atoms with Gasteiger partial charge in [0, 0.05) is 12.1 Å². The van der Waals surface area contributed by atoms with Crippen molar-refractivity contribution in [2.75, 3.05) is 19.8 Å². The third-order valence-corrected chi connectivity index (χ3v) is 5.89. The van der Waals surface area contributed by atoms with Crippen molar-refractivity contribution in [3.8, 4) is 11.1 Å². The van der Waals surface area contributed by atoms with Crippen molar-refractivity contribution < 1.29 is 23.1 Å². The van der Waals surface area contributed by atoms with Gasteiger partial charge in [0.05, 0.1) is 18.1 Å². The molecule has 1 N–H and O–H groups in total. The third kappa shape index (κ3) is 3.06. The van der Waals surface area contributed by atoms with Gasteiger partial charge in [0.25, 0.3) is 0 Å². The molecule has 3 rings (SSSR count). The van der Waals surface area contributed by atoms with Crippen LogP contribution < -0.4 is 0 Å². The Morgan fingerprint density at radius 3 is 2.46 bits per heavy atom. The van der Waals surface area contributed by atoms with Crippen LogP contribution >= 0.6 is 0 Å². The van der Waals surface area contributed by atoms with Gasteiger partial charge in [0.1, 0.15) is 6.04 Å². The number of aliphatic carboxylic acids is 1. The molecule has 0 aromatic heterocycles. The van der Waals surface area contributed by atoms with E-state index >= 15 is 0 Å². The number of sulfonamides is 1. The summed E-state index contributed by atoms with van der Waals surface area (Å²) in [7, 11) is -3.96. The Balaban J connectivity index is 2.09. The summed E-state index contributed by atoms with van der Waals surface area (Å²) in [5, 5.41) is 9.32. The number of rotatable bonds is 4. The predicted octanol–water partition coefficient (Wildman–Crippen LogP) is 1.83. The van der Waals surface area contributed by atoms with Gasteiger partial charge < -0.3 is 9.84 Å². The Bertz CT molecular complexity index is 835. The predicted molar refractivity (Wildman–Crippen MR) is 88.0 cm³/mol. The zero-order valence-electron chi connectivity index (χ0n) is 12.8. The molecule has 0 spiro atoms. The fourth-order valence-electron chi connectivity index (χ4n) is 2.74. The Morgan fingerprint density at radius 1 is 1.08 bits per heavy atom. The van der Waals surface area contributed by atoms with Gasteiger partial charge in [-0.15, -0.1) is 0 Å². The fraction of sp³-hybridized carbons (Fsp3) is 0.235. The number of carbonyl (C=O) groups is 1. The molecule has 6 nitrogen and oxygen atoms in total. The minimum absolute atomic E-state index is 0.0163. The number of hydrogen-bond donors (Lipinski definition) is 1. The molecule has 1 fully saturated rings. The quantitative estimate of drug-likeness (QED) is 0.912. The Morgan fingerprint density at radius 2 is 1.75 bits per heavy atom. The summed E-state index contributed by atoms with van der Waals surface area (Å²) in [6.45, 7) is 0.0427. The van der Waals surface area contributed by atoms with Crippen molar-refractivity contribution in [2.45, 2.75) is 10.9 Å². The SMILES string of the molecule is O=C(O)C1COCCN1S(=O)(=O)c1ccccc1-c1ccccc1. The molecule has 1 aliphatic heterocycles. The zero-order chi connectivity index (χ0) is 17.2. The fourth-order valence-corrected chi connectivity index (χ4v) is 4.51. The van der Waals surface area contributed by atoms with Crippen molar-refractivity contribution in [1.29, 1.82) is 0 Å². The standard InChI is InChI=1S/C17H17NO5S/c19-17(20)15-12-23-11-10-18(15)24(21,22)16-9-5-4-8-14(16)13-6-2-1-3-7-13/h1-9,15H,10-12H2,(H,19,20). The van der Waals surface area contributed by atoms with Crippen molar-refractivity contribution in [2.24, 2.45) is 0 Å². The second kappa shape index (κ2) is 6.72. The van der Waals surface area contributed by atoms with Gasteiger partial charge in [0.15, 0.2) is 0 Å². The summed E-state index contributed by atoms with van der Waals surface area (Å²) in [4.78, 5) is 11.5. The van der Waals surface area contributed by atoms with Crippen LogP contribution in [0.5, 0.6) is 0 Å². The number of carboxylic acids is 1. The van der Waals surface area contributed by atoms with E-state index in [4.69, 9.17) is 4.74 Å². The maximum atomic E-state index is 13.1. The lowest BCUT2D eigenvalue weighted by molar-refractivity contribution is -0.146. The monoisotopic (exact) mass is 347 g/mol. The average molecular weight is 347 g/mol. The number of morpholine rings is 1. The van der Waals surface area contributed by atoms with Crippen molar-refractivity contribution in [3.63, 3.8) is 0 Å². The number of carboxylic acid groups (broad SMARTS) is 1. The zero-order valence-corrected chi connectivity index (χ0v) is 13.6. The van der Waals surface area contributed by atoms with E-state index in [9.17, 15) is 18.3 Å². The molecule has 0 bridgehead atoms. The smallest absolute Gasteiger partial charge is 0.324 e. The van der Waals surface area contributed by atoms with E-state index in [0.29, 0.717) is 5.56 Å². The summed E-state index contributed by atoms with van der Waals surface area (Å²) in [5.74, 6) is -1.21. The van der Waals surface area contributed by atoms with Crippen molar-refractivity contribution in [3.05, 3.63) is 54.6 Å². The van der Waals surface area contributed by atoms with Gasteiger partial charge in [0.2, 0.25) is 10.0 Å². The summed E-state index contributed by atoms with van der Waals surface area (Å²) in [6, 6.07) is 14.6. The Labute approximate surface area is 140 Å². The average Bonchev–Trinajstić information content (AvgIpc) is 2.62. The lowest BCUT2D eigenvalue weighted by atomic mass is 10.1. The maximum absolute atomic E-state index is 13.1. The lowest BCUT2D eigenvalue weighted by Gasteiger charge is -2.32. The van der Waals surface area contributed by atoms with Crippen molar-refractivity contribution in [1.82, 2.24) is 4.31 Å². The van der Waals surface area contributed by atoms with E-state index < -0.39 is 22.0 Å². The molecule has 1 heterocycles. The van der Waals surface area contributed by atoms with E-state index in [0.717, 1.165) is 9.87 Å².